The minimum Gasteiger partial charge on any atom is -0.486 e. The van der Waals surface area contributed by atoms with Crippen molar-refractivity contribution in [2.24, 2.45) is 0 Å². The third kappa shape index (κ3) is 5.63. The minimum absolute atomic E-state index is 0.0764. The lowest BCUT2D eigenvalue weighted by Gasteiger charge is -2.29. The van der Waals surface area contributed by atoms with Gasteiger partial charge in [0.05, 0.1) is 24.5 Å². The predicted molar refractivity (Wildman–Crippen MR) is 140 cm³/mol. The molecule has 9 nitrogen and oxygen atoms in total. The van der Waals surface area contributed by atoms with Gasteiger partial charge in [-0.2, -0.15) is 0 Å². The van der Waals surface area contributed by atoms with Crippen LogP contribution in [0.5, 0.6) is 5.75 Å². The summed E-state index contributed by atoms with van der Waals surface area (Å²) in [7, 11) is 0. The van der Waals surface area contributed by atoms with E-state index in [1.165, 1.54) is 24.5 Å². The molecular weight excluding hydrogens is 456 g/mol. The molecule has 0 saturated carbocycles. The van der Waals surface area contributed by atoms with Crippen molar-refractivity contribution >= 4 is 23.2 Å². The normalized spacial score (nSPS) is 19.6. The number of hydrogen-bond donors (Lipinski definition) is 2. The molecular formula is C27H36N6O3. The maximum Gasteiger partial charge on any atom is 0.245 e. The van der Waals surface area contributed by atoms with Gasteiger partial charge in [-0.1, -0.05) is 12.6 Å². The summed E-state index contributed by atoms with van der Waals surface area (Å²) < 4.78 is 11.6. The number of aromatic nitrogens is 2. The number of anilines is 3. The van der Waals surface area contributed by atoms with Crippen molar-refractivity contribution < 1.29 is 14.3 Å². The Balaban J connectivity index is 0.000000252. The first-order chi connectivity index (χ1) is 17.7. The maximum absolute atomic E-state index is 10.8. The zero-order valence-electron chi connectivity index (χ0n) is 20.9. The Bertz CT molecular complexity index is 1060. The van der Waals surface area contributed by atoms with E-state index in [0.717, 1.165) is 94.0 Å². The molecule has 3 saturated heterocycles. The Morgan fingerprint density at radius 1 is 1.08 bits per heavy atom. The van der Waals surface area contributed by atoms with Crippen LogP contribution in [-0.2, 0) is 16.1 Å². The Kier molecular flexibility index (Phi) is 7.98. The highest BCUT2D eigenvalue weighted by Gasteiger charge is 2.24. The van der Waals surface area contributed by atoms with Crippen LogP contribution in [0.15, 0.2) is 37.2 Å². The quantitative estimate of drug-likeness (QED) is 0.632. The first kappa shape index (κ1) is 24.5. The standard InChI is InChI=1S/C20H25N5O2.C7H11NO/c1-2-18-17(11-15(1)14-3-5-21-6-4-14)24-19-16(12-27-18)20(23-13-22-19)25-7-9-26-10-8-25;1-2-7(9)8-5-3-4-6-8/h1-2,11,13-14,21H,3-10,12H2,(H,22,23,24);2H,1,3-6H2. The maximum atomic E-state index is 10.8. The highest BCUT2D eigenvalue weighted by molar-refractivity contribution is 5.87. The number of fused-ring (bicyclic) bond motifs is 2. The van der Waals surface area contributed by atoms with Crippen molar-refractivity contribution in [3.05, 3.63) is 48.3 Å². The van der Waals surface area contributed by atoms with Gasteiger partial charge in [-0.15, -0.1) is 0 Å². The molecule has 4 aliphatic rings. The van der Waals surface area contributed by atoms with Gasteiger partial charge in [-0.3, -0.25) is 4.79 Å². The molecule has 6 rings (SSSR count). The predicted octanol–water partition coefficient (Wildman–Crippen LogP) is 3.21. The van der Waals surface area contributed by atoms with E-state index in [2.05, 4.69) is 50.3 Å². The second-order valence-electron chi connectivity index (χ2n) is 9.55. The van der Waals surface area contributed by atoms with E-state index < -0.39 is 0 Å². The lowest BCUT2D eigenvalue weighted by Crippen LogP contribution is -2.37. The molecule has 4 aliphatic heterocycles. The molecule has 1 aromatic heterocycles. The van der Waals surface area contributed by atoms with Crippen LogP contribution in [0.4, 0.5) is 17.3 Å². The van der Waals surface area contributed by atoms with Crippen LogP contribution < -0.4 is 20.3 Å². The van der Waals surface area contributed by atoms with Gasteiger partial charge in [0.25, 0.3) is 0 Å². The first-order valence-electron chi connectivity index (χ1n) is 13.1. The summed E-state index contributed by atoms with van der Waals surface area (Å²) in [6, 6.07) is 6.53. The number of nitrogens with zero attached hydrogens (tertiary/aromatic N) is 4. The summed E-state index contributed by atoms with van der Waals surface area (Å²) in [6.07, 6.45) is 7.68. The van der Waals surface area contributed by atoms with Gasteiger partial charge in [0, 0.05) is 26.2 Å². The van der Waals surface area contributed by atoms with Gasteiger partial charge < -0.3 is 29.9 Å². The minimum atomic E-state index is 0.0764. The lowest BCUT2D eigenvalue weighted by molar-refractivity contribution is -0.124. The Morgan fingerprint density at radius 3 is 2.61 bits per heavy atom. The van der Waals surface area contributed by atoms with Gasteiger partial charge >= 0.3 is 0 Å². The van der Waals surface area contributed by atoms with Crippen molar-refractivity contribution in [1.29, 1.82) is 0 Å². The van der Waals surface area contributed by atoms with Crippen LogP contribution in [0.25, 0.3) is 0 Å². The summed E-state index contributed by atoms with van der Waals surface area (Å²) in [5.74, 6) is 3.34. The van der Waals surface area contributed by atoms with E-state index in [1.807, 2.05) is 4.90 Å². The average molecular weight is 493 g/mol. The number of amides is 1. The van der Waals surface area contributed by atoms with Gasteiger partial charge in [0.2, 0.25) is 5.91 Å². The van der Waals surface area contributed by atoms with Crippen LogP contribution >= 0.6 is 0 Å². The Morgan fingerprint density at radius 2 is 1.86 bits per heavy atom. The number of carbonyl (C=O) groups is 1. The topological polar surface area (TPSA) is 91.9 Å². The number of benzene rings is 1. The molecule has 1 amide bonds. The fraction of sp³-hybridized carbons (Fsp3) is 0.519. The van der Waals surface area contributed by atoms with Crippen LogP contribution in [0, 0.1) is 0 Å². The molecule has 0 atom stereocenters. The number of ether oxygens (including phenoxy) is 2. The van der Waals surface area contributed by atoms with E-state index in [1.54, 1.807) is 6.33 Å². The van der Waals surface area contributed by atoms with Crippen LogP contribution in [0.2, 0.25) is 0 Å². The van der Waals surface area contributed by atoms with Gasteiger partial charge in [-0.25, -0.2) is 9.97 Å². The van der Waals surface area contributed by atoms with Gasteiger partial charge in [0.1, 0.15) is 30.3 Å². The number of morpholine rings is 1. The molecule has 9 heteroatoms. The van der Waals surface area contributed by atoms with Crippen molar-refractivity contribution in [3.63, 3.8) is 0 Å². The number of hydrogen-bond acceptors (Lipinski definition) is 8. The van der Waals surface area contributed by atoms with E-state index in [-0.39, 0.29) is 5.91 Å². The van der Waals surface area contributed by atoms with E-state index in [0.29, 0.717) is 12.5 Å². The molecule has 2 N–H and O–H groups in total. The van der Waals surface area contributed by atoms with E-state index >= 15 is 0 Å². The largest absolute Gasteiger partial charge is 0.486 e. The molecule has 192 valence electrons. The van der Waals surface area contributed by atoms with E-state index in [9.17, 15) is 4.79 Å². The molecule has 3 fully saturated rings. The van der Waals surface area contributed by atoms with Crippen LogP contribution in [0.1, 0.15) is 42.7 Å². The third-order valence-electron chi connectivity index (χ3n) is 7.26. The van der Waals surface area contributed by atoms with Gasteiger partial charge in [-0.05, 0) is 68.5 Å². The summed E-state index contributed by atoms with van der Waals surface area (Å²) >= 11 is 0. The highest BCUT2D eigenvalue weighted by Crippen LogP contribution is 2.38. The van der Waals surface area contributed by atoms with E-state index in [4.69, 9.17) is 9.47 Å². The van der Waals surface area contributed by atoms with Crippen molar-refractivity contribution in [3.8, 4) is 5.75 Å². The highest BCUT2D eigenvalue weighted by atomic mass is 16.5. The first-order valence-corrected chi connectivity index (χ1v) is 13.1. The zero-order valence-corrected chi connectivity index (χ0v) is 20.9. The monoisotopic (exact) mass is 492 g/mol. The number of carbonyl (C=O) groups excluding carboxylic acids is 1. The summed E-state index contributed by atoms with van der Waals surface area (Å²) in [5.41, 5.74) is 3.38. The second-order valence-corrected chi connectivity index (χ2v) is 9.55. The second kappa shape index (κ2) is 11.7. The fourth-order valence-electron chi connectivity index (χ4n) is 5.22. The summed E-state index contributed by atoms with van der Waals surface area (Å²) in [6.45, 7) is 11.0. The fourth-order valence-corrected chi connectivity index (χ4v) is 5.22. The molecule has 36 heavy (non-hydrogen) atoms. The number of nitrogens with one attached hydrogen (secondary N) is 2. The molecule has 0 bridgehead atoms. The summed E-state index contributed by atoms with van der Waals surface area (Å²) in [5, 5.41) is 6.95. The molecule has 1 aromatic carbocycles. The number of piperidine rings is 1. The molecule has 0 spiro atoms. The Labute approximate surface area is 212 Å². The zero-order chi connectivity index (χ0) is 24.7. The van der Waals surface area contributed by atoms with Crippen molar-refractivity contribution in [2.45, 2.75) is 38.2 Å². The van der Waals surface area contributed by atoms with Crippen molar-refractivity contribution in [2.75, 3.05) is 62.7 Å². The molecule has 0 radical (unpaired) electrons. The van der Waals surface area contributed by atoms with Crippen LogP contribution in [0.3, 0.4) is 0 Å². The molecule has 0 unspecified atom stereocenters. The smallest absolute Gasteiger partial charge is 0.245 e. The average Bonchev–Trinajstić information content (AvgIpc) is 3.42. The van der Waals surface area contributed by atoms with Crippen LogP contribution in [-0.4, -0.2) is 73.3 Å². The summed E-state index contributed by atoms with van der Waals surface area (Å²) in [4.78, 5) is 24.0. The molecule has 0 aliphatic carbocycles. The number of rotatable bonds is 3. The van der Waals surface area contributed by atoms with Gasteiger partial charge in [0.15, 0.2) is 0 Å². The number of likely N-dealkylation sites (tertiary alicyclic amines) is 1. The Hall–Kier alpha value is -3.17. The molecule has 2 aromatic rings. The lowest BCUT2D eigenvalue weighted by atomic mass is 9.90. The molecule has 5 heterocycles. The SMILES string of the molecule is C=CC(=O)N1CCCC1.c1nc2c(c(N3CCOCC3)n1)COc1ccc(C3CCNCC3)cc1N2. The van der Waals surface area contributed by atoms with Crippen molar-refractivity contribution in [1.82, 2.24) is 20.2 Å². The third-order valence-corrected chi connectivity index (χ3v) is 7.26.